The topological polar surface area (TPSA) is 38.9 Å². The Hall–Kier alpha value is -1.83. The van der Waals surface area contributed by atoms with Crippen LogP contribution in [0.4, 0.5) is 5.69 Å². The summed E-state index contributed by atoms with van der Waals surface area (Å²) in [4.78, 5) is 4.49. The first-order valence-electron chi connectivity index (χ1n) is 4.96. The van der Waals surface area contributed by atoms with Gasteiger partial charge in [-0.2, -0.15) is 0 Å². The Balaban J connectivity index is 2.49. The smallest absolute Gasteiger partial charge is 0.0707 e. The molecule has 1 aromatic heterocycles. The molecule has 0 aliphatic rings. The van der Waals surface area contributed by atoms with Gasteiger partial charge in [0.2, 0.25) is 0 Å². The van der Waals surface area contributed by atoms with E-state index in [1.54, 1.807) is 0 Å². The van der Waals surface area contributed by atoms with E-state index in [1.165, 1.54) is 5.56 Å². The SMILES string of the molecule is Cc1cc(C)nc(-c2ccc(N)cc2)c1. The zero-order chi connectivity index (χ0) is 10.8. The molecule has 0 aliphatic heterocycles. The maximum absolute atomic E-state index is 5.64. The summed E-state index contributed by atoms with van der Waals surface area (Å²) in [5.41, 5.74) is 10.8. The van der Waals surface area contributed by atoms with Crippen molar-refractivity contribution in [3.63, 3.8) is 0 Å². The average molecular weight is 198 g/mol. The van der Waals surface area contributed by atoms with Gasteiger partial charge in [-0.25, -0.2) is 0 Å². The van der Waals surface area contributed by atoms with Gasteiger partial charge < -0.3 is 5.73 Å². The Labute approximate surface area is 89.8 Å². The number of anilines is 1. The van der Waals surface area contributed by atoms with Crippen molar-refractivity contribution in [3.8, 4) is 11.3 Å². The number of hydrogen-bond acceptors (Lipinski definition) is 2. The van der Waals surface area contributed by atoms with Crippen LogP contribution in [0.1, 0.15) is 11.3 Å². The molecule has 76 valence electrons. The fraction of sp³-hybridized carbons (Fsp3) is 0.154. The van der Waals surface area contributed by atoms with Gasteiger partial charge in [0.25, 0.3) is 0 Å². The molecule has 2 aromatic rings. The number of nitrogen functional groups attached to an aromatic ring is 1. The summed E-state index contributed by atoms with van der Waals surface area (Å²) in [7, 11) is 0. The Morgan fingerprint density at radius 1 is 1.00 bits per heavy atom. The molecule has 1 heterocycles. The Morgan fingerprint density at radius 3 is 2.27 bits per heavy atom. The van der Waals surface area contributed by atoms with Crippen LogP contribution in [0.15, 0.2) is 36.4 Å². The summed E-state index contributed by atoms with van der Waals surface area (Å²) < 4.78 is 0. The average Bonchev–Trinajstić information content (AvgIpc) is 2.17. The van der Waals surface area contributed by atoms with Gasteiger partial charge in [-0.05, 0) is 43.7 Å². The lowest BCUT2D eigenvalue weighted by atomic mass is 10.1. The van der Waals surface area contributed by atoms with Crippen molar-refractivity contribution in [1.29, 1.82) is 0 Å². The van der Waals surface area contributed by atoms with Crippen molar-refractivity contribution in [1.82, 2.24) is 4.98 Å². The highest BCUT2D eigenvalue weighted by molar-refractivity contribution is 5.62. The van der Waals surface area contributed by atoms with E-state index < -0.39 is 0 Å². The van der Waals surface area contributed by atoms with Crippen LogP contribution >= 0.6 is 0 Å². The zero-order valence-electron chi connectivity index (χ0n) is 8.99. The summed E-state index contributed by atoms with van der Waals surface area (Å²) in [6.45, 7) is 4.09. The third kappa shape index (κ3) is 2.15. The lowest BCUT2D eigenvalue weighted by Gasteiger charge is -2.04. The van der Waals surface area contributed by atoms with Gasteiger partial charge in [-0.3, -0.25) is 4.98 Å². The highest BCUT2D eigenvalue weighted by Gasteiger charge is 2.00. The lowest BCUT2D eigenvalue weighted by molar-refractivity contribution is 1.18. The number of aromatic nitrogens is 1. The van der Waals surface area contributed by atoms with Gasteiger partial charge in [0.15, 0.2) is 0 Å². The predicted molar refractivity (Wildman–Crippen MR) is 63.6 cm³/mol. The molecule has 0 unspecified atom stereocenters. The monoisotopic (exact) mass is 198 g/mol. The summed E-state index contributed by atoms with van der Waals surface area (Å²) in [6.07, 6.45) is 0. The quantitative estimate of drug-likeness (QED) is 0.715. The molecule has 2 nitrogen and oxygen atoms in total. The van der Waals surface area contributed by atoms with Gasteiger partial charge in [0.1, 0.15) is 0 Å². The zero-order valence-corrected chi connectivity index (χ0v) is 8.99. The van der Waals surface area contributed by atoms with Gasteiger partial charge in [-0.15, -0.1) is 0 Å². The normalized spacial score (nSPS) is 10.3. The first-order valence-corrected chi connectivity index (χ1v) is 4.96. The van der Waals surface area contributed by atoms with E-state index in [0.717, 1.165) is 22.6 Å². The predicted octanol–water partition coefficient (Wildman–Crippen LogP) is 2.95. The van der Waals surface area contributed by atoms with Crippen molar-refractivity contribution in [3.05, 3.63) is 47.7 Å². The van der Waals surface area contributed by atoms with Crippen LogP contribution in [0.5, 0.6) is 0 Å². The first kappa shape index (κ1) is 9.71. The lowest BCUT2D eigenvalue weighted by Crippen LogP contribution is -1.89. The molecule has 2 rings (SSSR count). The fourth-order valence-corrected chi connectivity index (χ4v) is 1.64. The van der Waals surface area contributed by atoms with Crippen LogP contribution in [0.2, 0.25) is 0 Å². The molecule has 2 heteroatoms. The van der Waals surface area contributed by atoms with Gasteiger partial charge in [0, 0.05) is 16.9 Å². The van der Waals surface area contributed by atoms with Crippen molar-refractivity contribution in [2.24, 2.45) is 0 Å². The molecule has 0 fully saturated rings. The molecular weight excluding hydrogens is 184 g/mol. The molecule has 0 bridgehead atoms. The van der Waals surface area contributed by atoms with Crippen LogP contribution in [0, 0.1) is 13.8 Å². The molecule has 1 aromatic carbocycles. The second-order valence-corrected chi connectivity index (χ2v) is 3.79. The highest BCUT2D eigenvalue weighted by atomic mass is 14.7. The van der Waals surface area contributed by atoms with Crippen molar-refractivity contribution < 1.29 is 0 Å². The van der Waals surface area contributed by atoms with E-state index in [-0.39, 0.29) is 0 Å². The second kappa shape index (κ2) is 3.73. The maximum atomic E-state index is 5.64. The molecule has 0 atom stereocenters. The Kier molecular flexibility index (Phi) is 2.42. The minimum absolute atomic E-state index is 0.781. The molecule has 0 radical (unpaired) electrons. The third-order valence-electron chi connectivity index (χ3n) is 2.30. The maximum Gasteiger partial charge on any atom is 0.0707 e. The van der Waals surface area contributed by atoms with E-state index >= 15 is 0 Å². The van der Waals surface area contributed by atoms with Gasteiger partial charge in [0.05, 0.1) is 5.69 Å². The Bertz CT molecular complexity index is 452. The minimum Gasteiger partial charge on any atom is -0.399 e. The molecule has 0 saturated carbocycles. The molecule has 0 amide bonds. The van der Waals surface area contributed by atoms with E-state index in [9.17, 15) is 0 Å². The van der Waals surface area contributed by atoms with Gasteiger partial charge in [-0.1, -0.05) is 12.1 Å². The number of nitrogens with two attached hydrogens (primary N) is 1. The number of nitrogens with zero attached hydrogens (tertiary/aromatic N) is 1. The standard InChI is InChI=1S/C13H14N2/c1-9-7-10(2)15-13(8-9)11-3-5-12(14)6-4-11/h3-8H,14H2,1-2H3. The first-order chi connectivity index (χ1) is 7.15. The summed E-state index contributed by atoms with van der Waals surface area (Å²) in [6, 6.07) is 11.9. The number of rotatable bonds is 1. The summed E-state index contributed by atoms with van der Waals surface area (Å²) >= 11 is 0. The van der Waals surface area contributed by atoms with Crippen LogP contribution in [-0.2, 0) is 0 Å². The Morgan fingerprint density at radius 2 is 1.67 bits per heavy atom. The molecule has 0 spiro atoms. The molecule has 15 heavy (non-hydrogen) atoms. The van der Waals surface area contributed by atoms with E-state index in [1.807, 2.05) is 31.2 Å². The van der Waals surface area contributed by atoms with E-state index in [4.69, 9.17) is 5.73 Å². The van der Waals surface area contributed by atoms with Crippen molar-refractivity contribution in [2.75, 3.05) is 5.73 Å². The molecule has 0 saturated heterocycles. The van der Waals surface area contributed by atoms with E-state index in [0.29, 0.717) is 0 Å². The third-order valence-corrected chi connectivity index (χ3v) is 2.30. The van der Waals surface area contributed by atoms with Crippen LogP contribution in [0.25, 0.3) is 11.3 Å². The number of pyridine rings is 1. The number of aryl methyl sites for hydroxylation is 2. The van der Waals surface area contributed by atoms with Crippen LogP contribution < -0.4 is 5.73 Å². The van der Waals surface area contributed by atoms with Crippen LogP contribution in [-0.4, -0.2) is 4.98 Å². The van der Waals surface area contributed by atoms with Crippen LogP contribution in [0.3, 0.4) is 0 Å². The van der Waals surface area contributed by atoms with Crippen molar-refractivity contribution in [2.45, 2.75) is 13.8 Å². The number of benzene rings is 1. The number of hydrogen-bond donors (Lipinski definition) is 1. The molecule has 2 N–H and O–H groups in total. The van der Waals surface area contributed by atoms with E-state index in [2.05, 4.69) is 24.0 Å². The molecule has 0 aliphatic carbocycles. The summed E-state index contributed by atoms with van der Waals surface area (Å²) in [5.74, 6) is 0. The summed E-state index contributed by atoms with van der Waals surface area (Å²) in [5, 5.41) is 0. The van der Waals surface area contributed by atoms with Gasteiger partial charge >= 0.3 is 0 Å². The second-order valence-electron chi connectivity index (χ2n) is 3.79. The minimum atomic E-state index is 0.781. The fourth-order valence-electron chi connectivity index (χ4n) is 1.64. The largest absolute Gasteiger partial charge is 0.399 e. The highest BCUT2D eigenvalue weighted by Crippen LogP contribution is 2.19. The van der Waals surface area contributed by atoms with Crippen molar-refractivity contribution >= 4 is 5.69 Å². The molecular formula is C13H14N2.